The molecule has 0 aliphatic rings. The number of hydrogen-bond donors (Lipinski definition) is 8. The quantitative estimate of drug-likeness (QED) is 0.0605. The van der Waals surface area contributed by atoms with Gasteiger partial charge >= 0.3 is 47.8 Å². The summed E-state index contributed by atoms with van der Waals surface area (Å²) in [6.07, 6.45) is -4.13. The second kappa shape index (κ2) is 20.6. The van der Waals surface area contributed by atoms with E-state index >= 15 is 0 Å². The molecule has 4 unspecified atom stereocenters. The molecule has 0 rings (SSSR count). The van der Waals surface area contributed by atoms with Gasteiger partial charge < -0.3 is 40.9 Å². The van der Waals surface area contributed by atoms with Gasteiger partial charge in [0.05, 0.1) is 0 Å². The summed E-state index contributed by atoms with van der Waals surface area (Å²) in [4.78, 5) is 95.0. The van der Waals surface area contributed by atoms with Crippen molar-refractivity contribution < 1.29 is 79.2 Å². The topological polar surface area (TPSA) is 305 Å². The first-order valence-corrected chi connectivity index (χ1v) is 13.8. The van der Waals surface area contributed by atoms with Crippen LogP contribution in [-0.2, 0) is 38.4 Å². The Kier molecular flexibility index (Phi) is 18.5. The van der Waals surface area contributed by atoms with E-state index in [2.05, 4.69) is 0 Å². The van der Waals surface area contributed by atoms with Crippen LogP contribution in [0.2, 0.25) is 0 Å². The summed E-state index contributed by atoms with van der Waals surface area (Å²) in [6, 6.07) is -6.58. The molecular weight excluding hydrogens is 596 g/mol. The third kappa shape index (κ3) is 15.8. The van der Waals surface area contributed by atoms with Gasteiger partial charge in [0.15, 0.2) is 0 Å². The van der Waals surface area contributed by atoms with Gasteiger partial charge in [-0.3, -0.25) is 48.2 Å². The number of hydrogen-bond acceptors (Lipinski definition) is 10. The van der Waals surface area contributed by atoms with Gasteiger partial charge in [0, 0.05) is 38.8 Å². The Hall–Kier alpha value is -4.32. The molecule has 18 heteroatoms. The molecule has 0 fully saturated rings. The Morgan fingerprint density at radius 3 is 0.682 bits per heavy atom. The molecule has 250 valence electrons. The van der Waals surface area contributed by atoms with Crippen molar-refractivity contribution in [1.29, 1.82) is 0 Å². The zero-order valence-corrected chi connectivity index (χ0v) is 23.9. The lowest BCUT2D eigenvalue weighted by Gasteiger charge is -2.39. The van der Waals surface area contributed by atoms with E-state index in [1.54, 1.807) is 0 Å². The fourth-order valence-electron chi connectivity index (χ4n) is 4.80. The van der Waals surface area contributed by atoms with Crippen molar-refractivity contribution in [3.63, 3.8) is 0 Å². The van der Waals surface area contributed by atoms with Crippen LogP contribution in [0, 0.1) is 0 Å². The Bertz CT molecular complexity index is 876. The molecule has 0 saturated heterocycles. The van der Waals surface area contributed by atoms with Crippen LogP contribution >= 0.6 is 0 Å². The maximum absolute atomic E-state index is 12.3. The first kappa shape index (κ1) is 39.7. The van der Waals surface area contributed by atoms with E-state index in [1.165, 1.54) is 0 Å². The van der Waals surface area contributed by atoms with Crippen LogP contribution in [0.25, 0.3) is 0 Å². The molecule has 8 N–H and O–H groups in total. The molecule has 0 amide bonds. The second-order valence-electron chi connectivity index (χ2n) is 10.0. The smallest absolute Gasteiger partial charge is 0.320 e. The Morgan fingerprint density at radius 1 is 0.364 bits per heavy atom. The van der Waals surface area contributed by atoms with Crippen LogP contribution in [0.5, 0.6) is 0 Å². The van der Waals surface area contributed by atoms with Crippen LogP contribution in [0.4, 0.5) is 0 Å². The standard InChI is InChI=1S/C26H40N2O16/c29-19(30)9-1-5-15(23(37)38)27(16(24(39)40)6-2-10-20(31)32)13-14-28(17(25(41)42)7-3-11-21(33)34)18(26(43)44)8-4-12-22(35)36/h15-18H,1-14H2,(H,29,30)(H,31,32)(H,33,34)(H,35,36)(H,37,38)(H,39,40)(H,41,42)(H,43,44). The summed E-state index contributed by atoms with van der Waals surface area (Å²) in [5.74, 6) is -11.2. The molecule has 0 saturated carbocycles. The fraction of sp³-hybridized carbons (Fsp3) is 0.692. The maximum atomic E-state index is 12.3. The average molecular weight is 637 g/mol. The largest absolute Gasteiger partial charge is 0.481 e. The normalized spacial score (nSPS) is 14.0. The maximum Gasteiger partial charge on any atom is 0.320 e. The molecule has 0 aromatic heterocycles. The molecule has 18 nitrogen and oxygen atoms in total. The van der Waals surface area contributed by atoms with E-state index in [9.17, 15) is 58.8 Å². The van der Waals surface area contributed by atoms with Crippen LogP contribution in [0.3, 0.4) is 0 Å². The number of nitrogens with zero attached hydrogens (tertiary/aromatic N) is 2. The van der Waals surface area contributed by atoms with Crippen LogP contribution < -0.4 is 0 Å². The van der Waals surface area contributed by atoms with E-state index in [4.69, 9.17) is 20.4 Å². The van der Waals surface area contributed by atoms with E-state index in [0.29, 0.717) is 0 Å². The molecule has 0 heterocycles. The predicted octanol–water partition coefficient (Wildman–Crippen LogP) is 0.423. The molecule has 44 heavy (non-hydrogen) atoms. The highest BCUT2D eigenvalue weighted by molar-refractivity contribution is 5.79. The van der Waals surface area contributed by atoms with Crippen molar-refractivity contribution in [2.75, 3.05) is 13.1 Å². The SMILES string of the molecule is O=C(O)CCCC(C(=O)O)N(CCN(C(CCCC(=O)O)C(=O)O)C(CCCC(=O)O)C(=O)O)C(CCCC(=O)O)C(=O)O. The summed E-state index contributed by atoms with van der Waals surface area (Å²) in [7, 11) is 0. The molecule has 0 bridgehead atoms. The Balaban J connectivity index is 6.68. The predicted molar refractivity (Wildman–Crippen MR) is 145 cm³/mol. The van der Waals surface area contributed by atoms with Crippen molar-refractivity contribution in [1.82, 2.24) is 9.80 Å². The highest BCUT2D eigenvalue weighted by atomic mass is 16.4. The van der Waals surface area contributed by atoms with Gasteiger partial charge in [-0.25, -0.2) is 0 Å². The number of carbonyl (C=O) groups is 8. The van der Waals surface area contributed by atoms with Gasteiger partial charge in [0.2, 0.25) is 0 Å². The van der Waals surface area contributed by atoms with Crippen LogP contribution in [0.15, 0.2) is 0 Å². The minimum absolute atomic E-state index is 0.201. The van der Waals surface area contributed by atoms with E-state index in [0.717, 1.165) is 9.80 Å². The Morgan fingerprint density at radius 2 is 0.545 bits per heavy atom. The van der Waals surface area contributed by atoms with Crippen molar-refractivity contribution in [2.24, 2.45) is 0 Å². The van der Waals surface area contributed by atoms with Gasteiger partial charge in [0.1, 0.15) is 24.2 Å². The van der Waals surface area contributed by atoms with Gasteiger partial charge in [0.25, 0.3) is 0 Å². The monoisotopic (exact) mass is 636 g/mol. The van der Waals surface area contributed by atoms with Crippen molar-refractivity contribution in [3.05, 3.63) is 0 Å². The number of carboxylic acids is 8. The lowest BCUT2D eigenvalue weighted by atomic mass is 10.00. The zero-order valence-electron chi connectivity index (χ0n) is 23.9. The number of rotatable bonds is 27. The summed E-state index contributed by atoms with van der Waals surface area (Å²) in [5.41, 5.74) is 0. The molecule has 0 spiro atoms. The minimum atomic E-state index is -1.65. The molecule has 0 aromatic carbocycles. The molecule has 0 radical (unpaired) electrons. The highest BCUT2D eigenvalue weighted by Gasteiger charge is 2.39. The molecule has 0 aliphatic carbocycles. The van der Waals surface area contributed by atoms with Crippen molar-refractivity contribution in [2.45, 2.75) is 101 Å². The van der Waals surface area contributed by atoms with Gasteiger partial charge in [-0.15, -0.1) is 0 Å². The summed E-state index contributed by atoms with van der Waals surface area (Å²) in [5, 5.41) is 75.8. The molecule has 4 atom stereocenters. The summed E-state index contributed by atoms with van der Waals surface area (Å²) >= 11 is 0. The van der Waals surface area contributed by atoms with Crippen molar-refractivity contribution >= 4 is 47.8 Å². The Labute approximate surface area is 251 Å². The van der Waals surface area contributed by atoms with Crippen molar-refractivity contribution in [3.8, 4) is 0 Å². The third-order valence-electron chi connectivity index (χ3n) is 6.83. The minimum Gasteiger partial charge on any atom is -0.481 e. The lowest BCUT2D eigenvalue weighted by Crippen LogP contribution is -2.57. The van der Waals surface area contributed by atoms with Crippen LogP contribution in [-0.4, -0.2) is 136 Å². The number of aliphatic carboxylic acids is 8. The highest BCUT2D eigenvalue weighted by Crippen LogP contribution is 2.22. The first-order valence-electron chi connectivity index (χ1n) is 13.8. The lowest BCUT2D eigenvalue weighted by molar-refractivity contribution is -0.156. The van der Waals surface area contributed by atoms with Crippen LogP contribution in [0.1, 0.15) is 77.0 Å². The van der Waals surface area contributed by atoms with Gasteiger partial charge in [-0.2, -0.15) is 0 Å². The first-order chi connectivity index (χ1) is 20.5. The van der Waals surface area contributed by atoms with Gasteiger partial charge in [-0.05, 0) is 51.4 Å². The second-order valence-corrected chi connectivity index (χ2v) is 10.0. The fourth-order valence-corrected chi connectivity index (χ4v) is 4.80. The number of carboxylic acid groups (broad SMARTS) is 8. The van der Waals surface area contributed by atoms with Gasteiger partial charge in [-0.1, -0.05) is 0 Å². The summed E-state index contributed by atoms with van der Waals surface area (Å²) < 4.78 is 0. The molecular formula is C26H40N2O16. The third-order valence-corrected chi connectivity index (χ3v) is 6.83. The molecule has 0 aromatic rings. The van der Waals surface area contributed by atoms with E-state index in [-0.39, 0.29) is 51.4 Å². The van der Waals surface area contributed by atoms with E-state index < -0.39 is 111 Å². The van der Waals surface area contributed by atoms with E-state index in [1.807, 2.05) is 0 Å². The zero-order chi connectivity index (χ0) is 34.0. The summed E-state index contributed by atoms with van der Waals surface area (Å²) in [6.45, 7) is -1.17. The average Bonchev–Trinajstić information content (AvgIpc) is 2.88. The molecule has 0 aliphatic heterocycles.